The molecule has 0 unspecified atom stereocenters. The van der Waals surface area contributed by atoms with Crippen molar-refractivity contribution in [2.75, 3.05) is 12.4 Å². The molecule has 112 valence electrons. The first-order chi connectivity index (χ1) is 9.94. The molecule has 0 aliphatic carbocycles. The summed E-state index contributed by atoms with van der Waals surface area (Å²) in [6.45, 7) is 0.447. The van der Waals surface area contributed by atoms with Gasteiger partial charge in [0.15, 0.2) is 0 Å². The summed E-state index contributed by atoms with van der Waals surface area (Å²) in [7, 11) is -2.08. The lowest BCUT2D eigenvalue weighted by molar-refractivity contribution is 0.588. The molecule has 0 saturated carbocycles. The van der Waals surface area contributed by atoms with Crippen LogP contribution in [0.2, 0.25) is 10.0 Å². The van der Waals surface area contributed by atoms with Crippen LogP contribution in [0, 0.1) is 0 Å². The number of rotatable bonds is 5. The van der Waals surface area contributed by atoms with Crippen molar-refractivity contribution in [2.45, 2.75) is 11.4 Å². The van der Waals surface area contributed by atoms with E-state index < -0.39 is 10.0 Å². The monoisotopic (exact) mass is 344 g/mol. The number of sulfonamides is 1. The van der Waals surface area contributed by atoms with E-state index in [0.29, 0.717) is 22.3 Å². The second-order valence-electron chi connectivity index (χ2n) is 4.30. The van der Waals surface area contributed by atoms with Gasteiger partial charge in [-0.2, -0.15) is 0 Å². The zero-order chi connectivity index (χ0) is 15.5. The van der Waals surface area contributed by atoms with Crippen LogP contribution >= 0.6 is 23.2 Å². The van der Waals surface area contributed by atoms with Gasteiger partial charge in [0.1, 0.15) is 0 Å². The molecule has 2 N–H and O–H groups in total. The molecule has 0 aliphatic heterocycles. The lowest BCUT2D eigenvalue weighted by atomic mass is 10.2. The van der Waals surface area contributed by atoms with Crippen LogP contribution < -0.4 is 10.0 Å². The number of hydrogen-bond acceptors (Lipinski definition) is 3. The Morgan fingerprint density at radius 1 is 1.10 bits per heavy atom. The fraction of sp³-hybridized carbons (Fsp3) is 0.143. The molecule has 0 atom stereocenters. The summed E-state index contributed by atoms with van der Waals surface area (Å²) < 4.78 is 25.8. The molecule has 2 aromatic rings. The van der Waals surface area contributed by atoms with E-state index in [1.807, 2.05) is 12.1 Å². The lowest BCUT2D eigenvalue weighted by Gasteiger charge is -2.10. The highest BCUT2D eigenvalue weighted by molar-refractivity contribution is 7.89. The van der Waals surface area contributed by atoms with Crippen molar-refractivity contribution in [3.05, 3.63) is 58.1 Å². The second kappa shape index (κ2) is 6.66. The first-order valence-corrected chi connectivity index (χ1v) is 8.38. The molecule has 0 amide bonds. The molecule has 21 heavy (non-hydrogen) atoms. The van der Waals surface area contributed by atoms with Crippen molar-refractivity contribution in [1.29, 1.82) is 0 Å². The number of nitrogens with one attached hydrogen (secondary N) is 2. The van der Waals surface area contributed by atoms with E-state index in [2.05, 4.69) is 10.0 Å². The summed E-state index contributed by atoms with van der Waals surface area (Å²) in [5.41, 5.74) is 1.52. The van der Waals surface area contributed by atoms with E-state index in [0.717, 1.165) is 5.56 Å². The Balaban J connectivity index is 2.18. The van der Waals surface area contributed by atoms with Crippen molar-refractivity contribution >= 4 is 38.9 Å². The van der Waals surface area contributed by atoms with Crippen LogP contribution in [0.4, 0.5) is 5.69 Å². The molecule has 0 radical (unpaired) electrons. The summed E-state index contributed by atoms with van der Waals surface area (Å²) in [5.74, 6) is 0. The van der Waals surface area contributed by atoms with E-state index in [1.54, 1.807) is 24.3 Å². The summed E-state index contributed by atoms with van der Waals surface area (Å²) in [6, 6.07) is 11.9. The van der Waals surface area contributed by atoms with Crippen LogP contribution in [-0.2, 0) is 16.6 Å². The summed E-state index contributed by atoms with van der Waals surface area (Å²) in [4.78, 5) is 0.201. The average molecular weight is 345 g/mol. The summed E-state index contributed by atoms with van der Waals surface area (Å²) in [5, 5.41) is 4.11. The zero-order valence-electron chi connectivity index (χ0n) is 11.2. The summed E-state index contributed by atoms with van der Waals surface area (Å²) in [6.07, 6.45) is 0. The maximum absolute atomic E-state index is 11.7. The largest absolute Gasteiger partial charge is 0.381 e. The third-order valence-corrected chi connectivity index (χ3v) is 5.20. The highest BCUT2D eigenvalue weighted by Crippen LogP contribution is 2.26. The van der Waals surface area contributed by atoms with Crippen LogP contribution in [0.25, 0.3) is 0 Å². The van der Waals surface area contributed by atoms with E-state index in [-0.39, 0.29) is 4.90 Å². The number of benzene rings is 2. The highest BCUT2D eigenvalue weighted by atomic mass is 35.5. The van der Waals surface area contributed by atoms with Crippen molar-refractivity contribution < 1.29 is 8.42 Å². The van der Waals surface area contributed by atoms with Gasteiger partial charge in [0.2, 0.25) is 10.0 Å². The minimum Gasteiger partial charge on any atom is -0.381 e. The van der Waals surface area contributed by atoms with Crippen molar-refractivity contribution in [2.24, 2.45) is 0 Å². The normalized spacial score (nSPS) is 11.4. The van der Waals surface area contributed by atoms with E-state index in [1.165, 1.54) is 13.1 Å². The molecule has 2 aromatic carbocycles. The number of halogens is 2. The van der Waals surface area contributed by atoms with Gasteiger partial charge in [-0.05, 0) is 36.9 Å². The average Bonchev–Trinajstić information content (AvgIpc) is 2.49. The van der Waals surface area contributed by atoms with Crippen molar-refractivity contribution in [3.63, 3.8) is 0 Å². The van der Waals surface area contributed by atoms with Gasteiger partial charge in [-0.15, -0.1) is 0 Å². The maximum atomic E-state index is 11.7. The fourth-order valence-electron chi connectivity index (χ4n) is 1.77. The maximum Gasteiger partial charge on any atom is 0.240 e. The first-order valence-electron chi connectivity index (χ1n) is 6.14. The first kappa shape index (κ1) is 16.1. The highest BCUT2D eigenvalue weighted by Gasteiger charge is 2.11. The second-order valence-corrected chi connectivity index (χ2v) is 6.97. The van der Waals surface area contributed by atoms with Gasteiger partial charge >= 0.3 is 0 Å². The minimum atomic E-state index is -3.46. The van der Waals surface area contributed by atoms with E-state index in [4.69, 9.17) is 23.2 Å². The Morgan fingerprint density at radius 3 is 2.52 bits per heavy atom. The molecule has 4 nitrogen and oxygen atoms in total. The van der Waals surface area contributed by atoms with Crippen LogP contribution in [0.1, 0.15) is 5.56 Å². The Labute approximate surface area is 134 Å². The van der Waals surface area contributed by atoms with E-state index >= 15 is 0 Å². The minimum absolute atomic E-state index is 0.201. The number of anilines is 1. The van der Waals surface area contributed by atoms with Gasteiger partial charge in [-0.1, -0.05) is 41.4 Å². The molecule has 7 heteroatoms. The third kappa shape index (κ3) is 3.89. The molecular formula is C14H14Cl2N2O2S. The molecule has 0 fully saturated rings. The van der Waals surface area contributed by atoms with Gasteiger partial charge in [-0.3, -0.25) is 0 Å². The van der Waals surface area contributed by atoms with Crippen LogP contribution in [-0.4, -0.2) is 15.5 Å². The zero-order valence-corrected chi connectivity index (χ0v) is 13.6. The van der Waals surface area contributed by atoms with Crippen LogP contribution in [0.15, 0.2) is 47.4 Å². The standard InChI is InChI=1S/C14H14Cl2N2O2S/c1-17-21(19,20)12-6-3-5-11(8-12)18-9-10-4-2-7-13(15)14(10)16/h2-8,17-18H,9H2,1H3. The smallest absolute Gasteiger partial charge is 0.240 e. The van der Waals surface area contributed by atoms with Crippen molar-refractivity contribution in [1.82, 2.24) is 4.72 Å². The Kier molecular flexibility index (Phi) is 5.11. The predicted octanol–water partition coefficient (Wildman–Crippen LogP) is 3.51. The Morgan fingerprint density at radius 2 is 1.81 bits per heavy atom. The number of hydrogen-bond donors (Lipinski definition) is 2. The Bertz CT molecular complexity index is 748. The molecular weight excluding hydrogens is 331 g/mol. The molecule has 0 saturated heterocycles. The molecule has 0 aliphatic rings. The van der Waals surface area contributed by atoms with Crippen LogP contribution in [0.3, 0.4) is 0 Å². The van der Waals surface area contributed by atoms with Gasteiger partial charge in [-0.25, -0.2) is 13.1 Å². The van der Waals surface area contributed by atoms with Gasteiger partial charge < -0.3 is 5.32 Å². The lowest BCUT2D eigenvalue weighted by Crippen LogP contribution is -2.18. The topological polar surface area (TPSA) is 58.2 Å². The quantitative estimate of drug-likeness (QED) is 0.872. The molecule has 0 bridgehead atoms. The SMILES string of the molecule is CNS(=O)(=O)c1cccc(NCc2cccc(Cl)c2Cl)c1. The molecule has 0 spiro atoms. The summed E-state index contributed by atoms with van der Waals surface area (Å²) >= 11 is 12.1. The van der Waals surface area contributed by atoms with Gasteiger partial charge in [0.25, 0.3) is 0 Å². The van der Waals surface area contributed by atoms with Crippen LogP contribution in [0.5, 0.6) is 0 Å². The van der Waals surface area contributed by atoms with Crippen molar-refractivity contribution in [3.8, 4) is 0 Å². The molecule has 0 aromatic heterocycles. The third-order valence-electron chi connectivity index (χ3n) is 2.93. The van der Waals surface area contributed by atoms with Gasteiger partial charge in [0.05, 0.1) is 14.9 Å². The van der Waals surface area contributed by atoms with Gasteiger partial charge in [0, 0.05) is 12.2 Å². The Hall–Kier alpha value is -1.27. The predicted molar refractivity (Wildman–Crippen MR) is 86.5 cm³/mol. The molecule has 0 heterocycles. The molecule has 2 rings (SSSR count). The van der Waals surface area contributed by atoms with E-state index in [9.17, 15) is 8.42 Å². The fourth-order valence-corrected chi connectivity index (χ4v) is 2.94.